The summed E-state index contributed by atoms with van der Waals surface area (Å²) in [6.07, 6.45) is -1.01. The molecule has 3 aromatic heterocycles. The molecule has 1 aromatic carbocycles. The van der Waals surface area contributed by atoms with Crippen LogP contribution in [0.15, 0.2) is 40.3 Å². The molecular weight excluding hydrogens is 533 g/mol. The first-order chi connectivity index (χ1) is 18.7. The summed E-state index contributed by atoms with van der Waals surface area (Å²) in [4.78, 5) is 28.0. The molecule has 5 rings (SSSR count). The van der Waals surface area contributed by atoms with E-state index in [2.05, 4.69) is 25.2 Å². The average molecular weight is 561 g/mol. The number of amides is 1. The highest BCUT2D eigenvalue weighted by Gasteiger charge is 2.33. The zero-order valence-electron chi connectivity index (χ0n) is 21.3. The van der Waals surface area contributed by atoms with Crippen molar-refractivity contribution in [2.24, 2.45) is 11.7 Å². The molecule has 3 N–H and O–H groups in total. The number of aromatic nitrogens is 3. The van der Waals surface area contributed by atoms with E-state index in [0.29, 0.717) is 23.4 Å². The summed E-state index contributed by atoms with van der Waals surface area (Å²) >= 11 is 1.61. The predicted octanol–water partition coefficient (Wildman–Crippen LogP) is 5.04. The maximum absolute atomic E-state index is 13.3. The SMILES string of the molecule is COc1ccc(-c2nc(C(=O)NCC3CCN(c4nccs4)CC3)c([C@H](C)N)o2)c2ccc(C(F)(F)F)nc12. The number of nitrogens with one attached hydrogen (secondary N) is 1. The molecule has 4 aromatic rings. The van der Waals surface area contributed by atoms with Gasteiger partial charge in [0, 0.05) is 42.2 Å². The highest BCUT2D eigenvalue weighted by molar-refractivity contribution is 7.13. The first-order valence-corrected chi connectivity index (χ1v) is 13.3. The van der Waals surface area contributed by atoms with Crippen molar-refractivity contribution in [1.82, 2.24) is 20.3 Å². The smallest absolute Gasteiger partial charge is 0.433 e. The Morgan fingerprint density at radius 2 is 2.03 bits per heavy atom. The van der Waals surface area contributed by atoms with Gasteiger partial charge in [-0.15, -0.1) is 11.3 Å². The maximum Gasteiger partial charge on any atom is 0.433 e. The van der Waals surface area contributed by atoms with E-state index in [1.54, 1.807) is 30.5 Å². The monoisotopic (exact) mass is 560 g/mol. The van der Waals surface area contributed by atoms with E-state index in [4.69, 9.17) is 14.9 Å². The Kier molecular flexibility index (Phi) is 7.45. The van der Waals surface area contributed by atoms with Crippen LogP contribution >= 0.6 is 11.3 Å². The number of thiazole rings is 1. The van der Waals surface area contributed by atoms with Gasteiger partial charge in [0.25, 0.3) is 5.91 Å². The number of fused-ring (bicyclic) bond motifs is 1. The second kappa shape index (κ2) is 10.8. The lowest BCUT2D eigenvalue weighted by Gasteiger charge is -2.31. The van der Waals surface area contributed by atoms with Gasteiger partial charge in [-0.2, -0.15) is 13.2 Å². The van der Waals surface area contributed by atoms with Crippen LogP contribution in [-0.4, -0.2) is 47.6 Å². The van der Waals surface area contributed by atoms with Crippen molar-refractivity contribution in [1.29, 1.82) is 0 Å². The first kappa shape index (κ1) is 26.9. The minimum absolute atomic E-state index is 0.000430. The molecule has 39 heavy (non-hydrogen) atoms. The third-order valence-corrected chi connectivity index (χ3v) is 7.53. The Bertz CT molecular complexity index is 1460. The van der Waals surface area contributed by atoms with Crippen LogP contribution in [0.25, 0.3) is 22.4 Å². The molecule has 0 aliphatic carbocycles. The van der Waals surface area contributed by atoms with E-state index in [1.165, 1.54) is 19.2 Å². The van der Waals surface area contributed by atoms with Crippen molar-refractivity contribution < 1.29 is 27.1 Å². The number of piperidine rings is 1. The van der Waals surface area contributed by atoms with Gasteiger partial charge < -0.3 is 25.1 Å². The molecule has 0 unspecified atom stereocenters. The molecule has 0 radical (unpaired) electrons. The molecule has 9 nitrogen and oxygen atoms in total. The van der Waals surface area contributed by atoms with Crippen molar-refractivity contribution >= 4 is 33.3 Å². The van der Waals surface area contributed by atoms with Gasteiger partial charge in [0.15, 0.2) is 16.6 Å². The number of anilines is 1. The molecule has 1 aliphatic rings. The van der Waals surface area contributed by atoms with Gasteiger partial charge in [0.2, 0.25) is 5.89 Å². The third-order valence-electron chi connectivity index (χ3n) is 6.70. The second-order valence-electron chi connectivity index (χ2n) is 9.38. The van der Waals surface area contributed by atoms with Crippen LogP contribution in [0.5, 0.6) is 5.75 Å². The molecule has 4 heterocycles. The lowest BCUT2D eigenvalue weighted by atomic mass is 9.97. The fourth-order valence-electron chi connectivity index (χ4n) is 4.64. The molecule has 1 atom stereocenters. The number of ether oxygens (including phenoxy) is 1. The van der Waals surface area contributed by atoms with Gasteiger partial charge in [-0.3, -0.25) is 4.79 Å². The van der Waals surface area contributed by atoms with Crippen molar-refractivity contribution in [3.05, 3.63) is 53.0 Å². The lowest BCUT2D eigenvalue weighted by molar-refractivity contribution is -0.140. The molecule has 0 saturated carbocycles. The number of hydrogen-bond donors (Lipinski definition) is 2. The van der Waals surface area contributed by atoms with E-state index in [1.807, 2.05) is 5.38 Å². The Hall–Kier alpha value is -3.71. The summed E-state index contributed by atoms with van der Waals surface area (Å²) in [5, 5.41) is 6.24. The molecule has 13 heteroatoms. The van der Waals surface area contributed by atoms with E-state index < -0.39 is 23.8 Å². The minimum atomic E-state index is -4.62. The minimum Gasteiger partial charge on any atom is -0.494 e. The quantitative estimate of drug-likeness (QED) is 0.323. The van der Waals surface area contributed by atoms with Gasteiger partial charge in [-0.05, 0) is 49.9 Å². The molecule has 1 aliphatic heterocycles. The summed E-state index contributed by atoms with van der Waals surface area (Å²) in [5.41, 5.74) is 5.45. The van der Waals surface area contributed by atoms with E-state index in [9.17, 15) is 18.0 Å². The Morgan fingerprint density at radius 1 is 1.26 bits per heavy atom. The number of nitrogens with zero attached hydrogens (tertiary/aromatic N) is 4. The summed E-state index contributed by atoms with van der Waals surface area (Å²) in [7, 11) is 1.35. The van der Waals surface area contributed by atoms with E-state index in [0.717, 1.165) is 37.1 Å². The fraction of sp³-hybridized carbons (Fsp3) is 0.385. The van der Waals surface area contributed by atoms with Crippen LogP contribution in [0.3, 0.4) is 0 Å². The van der Waals surface area contributed by atoms with Crippen LogP contribution in [-0.2, 0) is 6.18 Å². The summed E-state index contributed by atoms with van der Waals surface area (Å²) < 4.78 is 51.1. The Balaban J connectivity index is 1.37. The topological polar surface area (TPSA) is 119 Å². The molecular formula is C26H27F3N6O3S. The van der Waals surface area contributed by atoms with Crippen molar-refractivity contribution in [3.63, 3.8) is 0 Å². The number of nitrogens with two attached hydrogens (primary N) is 1. The number of alkyl halides is 3. The molecule has 1 amide bonds. The lowest BCUT2D eigenvalue weighted by Crippen LogP contribution is -2.39. The number of carbonyl (C=O) groups excluding carboxylic acids is 1. The highest BCUT2D eigenvalue weighted by Crippen LogP contribution is 2.37. The normalized spacial score (nSPS) is 15.5. The number of methoxy groups -OCH3 is 1. The third kappa shape index (κ3) is 5.55. The van der Waals surface area contributed by atoms with E-state index >= 15 is 0 Å². The molecule has 206 valence electrons. The highest BCUT2D eigenvalue weighted by atomic mass is 32.1. The summed E-state index contributed by atoms with van der Waals surface area (Å²) in [6.45, 7) is 3.86. The number of oxazole rings is 1. The number of halogens is 3. The summed E-state index contributed by atoms with van der Waals surface area (Å²) in [5.74, 6) is 0.283. The molecule has 0 spiro atoms. The number of rotatable bonds is 7. The van der Waals surface area contributed by atoms with Crippen molar-refractivity contribution in [2.45, 2.75) is 32.0 Å². The first-order valence-electron chi connectivity index (χ1n) is 12.4. The van der Waals surface area contributed by atoms with Crippen LogP contribution in [0.4, 0.5) is 18.3 Å². The summed E-state index contributed by atoms with van der Waals surface area (Å²) in [6, 6.07) is 4.61. The standard InChI is InChI=1S/C26H27F3N6O3S/c1-14(30)22-21(23(36)32-13-15-7-10-35(11-8-15)25-31-9-12-39-25)34-24(38-22)17-3-5-18(37-2)20-16(17)4-6-19(33-20)26(27,28)29/h3-6,9,12,14-15H,7-8,10-11,13,30H2,1-2H3,(H,32,36)/t14-/m0/s1. The average Bonchev–Trinajstić information content (AvgIpc) is 3.62. The van der Waals surface area contributed by atoms with Crippen LogP contribution in [0.1, 0.15) is 47.7 Å². The second-order valence-corrected chi connectivity index (χ2v) is 10.3. The number of hydrogen-bond acceptors (Lipinski definition) is 9. The van der Waals surface area contributed by atoms with Crippen LogP contribution in [0, 0.1) is 5.92 Å². The van der Waals surface area contributed by atoms with E-state index in [-0.39, 0.29) is 28.6 Å². The predicted molar refractivity (Wildman–Crippen MR) is 141 cm³/mol. The van der Waals surface area contributed by atoms with Gasteiger partial charge in [0.1, 0.15) is 17.0 Å². The van der Waals surface area contributed by atoms with Crippen LogP contribution in [0.2, 0.25) is 0 Å². The Labute approximate surface area is 226 Å². The maximum atomic E-state index is 13.3. The zero-order chi connectivity index (χ0) is 27.7. The molecule has 1 saturated heterocycles. The number of pyridine rings is 1. The van der Waals surface area contributed by atoms with Gasteiger partial charge in [-0.1, -0.05) is 0 Å². The van der Waals surface area contributed by atoms with Crippen molar-refractivity contribution in [3.8, 4) is 17.2 Å². The zero-order valence-corrected chi connectivity index (χ0v) is 22.1. The van der Waals surface area contributed by atoms with Gasteiger partial charge >= 0.3 is 6.18 Å². The van der Waals surface area contributed by atoms with Gasteiger partial charge in [0.05, 0.1) is 13.2 Å². The number of carbonyl (C=O) groups is 1. The van der Waals surface area contributed by atoms with Gasteiger partial charge in [-0.25, -0.2) is 15.0 Å². The largest absolute Gasteiger partial charge is 0.494 e. The fourth-order valence-corrected chi connectivity index (χ4v) is 5.34. The molecule has 0 bridgehead atoms. The Morgan fingerprint density at radius 3 is 2.67 bits per heavy atom. The number of benzene rings is 1. The van der Waals surface area contributed by atoms with Crippen LogP contribution < -0.4 is 20.7 Å². The molecule has 1 fully saturated rings. The van der Waals surface area contributed by atoms with Crippen molar-refractivity contribution in [2.75, 3.05) is 31.6 Å².